The molecule has 2 N–H and O–H groups in total. The number of fused-ring (bicyclic) bond motifs is 2. The lowest BCUT2D eigenvalue weighted by molar-refractivity contribution is -0.0746. The molecule has 6 heteroatoms. The summed E-state index contributed by atoms with van der Waals surface area (Å²) < 4.78 is 35.0. The first kappa shape index (κ1) is 15.2. The molecule has 0 radical (unpaired) electrons. The van der Waals surface area contributed by atoms with E-state index < -0.39 is 10.1 Å². The summed E-state index contributed by atoms with van der Waals surface area (Å²) in [6.45, 7) is 2.74. The zero-order valence-electron chi connectivity index (χ0n) is 11.9. The monoisotopic (exact) mass is 319 g/mol. The molecule has 2 aliphatic rings. The van der Waals surface area contributed by atoms with Gasteiger partial charge >= 0.3 is 0 Å². The summed E-state index contributed by atoms with van der Waals surface area (Å²) in [5.41, 5.74) is 2.79. The minimum atomic E-state index is -4.00. The third-order valence-electron chi connectivity index (χ3n) is 3.87. The summed E-state index contributed by atoms with van der Waals surface area (Å²) in [5, 5.41) is 3.26. The third kappa shape index (κ3) is 2.91. The van der Waals surface area contributed by atoms with Crippen LogP contribution in [0.5, 0.6) is 0 Å². The van der Waals surface area contributed by atoms with Crippen LogP contribution in [0.4, 0.5) is 0 Å². The molecule has 0 atom stereocenters. The van der Waals surface area contributed by atoms with Gasteiger partial charge in [-0.1, -0.05) is 42.5 Å². The molecule has 2 aromatic rings. The standard InChI is InChI=1S/C10H11NO.C6H6O3S/c1-2-4-9-8(3-1)5-12-10(9)6-11-7-10;7-10(8,9)6-4-2-1-3-5-6/h1-4,11H,5-7H2;1-5H,(H,7,8,9). The number of hydrogen-bond donors (Lipinski definition) is 2. The molecule has 116 valence electrons. The minimum Gasteiger partial charge on any atom is -0.363 e. The molecule has 5 nitrogen and oxygen atoms in total. The van der Waals surface area contributed by atoms with Crippen LogP contribution in [0.1, 0.15) is 11.1 Å². The first-order valence-electron chi connectivity index (χ1n) is 6.97. The van der Waals surface area contributed by atoms with Crippen molar-refractivity contribution in [3.8, 4) is 0 Å². The summed E-state index contributed by atoms with van der Waals surface area (Å²) in [5.74, 6) is 0. The Morgan fingerprint density at radius 3 is 2.18 bits per heavy atom. The zero-order valence-corrected chi connectivity index (χ0v) is 12.7. The molecule has 1 saturated heterocycles. The van der Waals surface area contributed by atoms with Crippen molar-refractivity contribution >= 4 is 10.1 Å². The first-order chi connectivity index (χ1) is 10.5. The average molecular weight is 319 g/mol. The first-order valence-corrected chi connectivity index (χ1v) is 8.41. The van der Waals surface area contributed by atoms with Crippen LogP contribution in [-0.4, -0.2) is 26.1 Å². The van der Waals surface area contributed by atoms with Gasteiger partial charge in [-0.2, -0.15) is 8.42 Å². The van der Waals surface area contributed by atoms with E-state index in [1.807, 2.05) is 0 Å². The SMILES string of the molecule is O=S(=O)(O)c1ccccc1.c1ccc2c(c1)COC21CNC1. The van der Waals surface area contributed by atoms with Crippen molar-refractivity contribution in [3.05, 3.63) is 65.7 Å². The van der Waals surface area contributed by atoms with E-state index in [0.717, 1.165) is 19.7 Å². The molecule has 22 heavy (non-hydrogen) atoms. The Kier molecular flexibility index (Phi) is 4.01. The van der Waals surface area contributed by atoms with Gasteiger partial charge in [-0.05, 0) is 23.3 Å². The summed E-state index contributed by atoms with van der Waals surface area (Å²) >= 11 is 0. The predicted molar refractivity (Wildman–Crippen MR) is 82.0 cm³/mol. The Hall–Kier alpha value is -1.73. The molecule has 2 aliphatic heterocycles. The van der Waals surface area contributed by atoms with Crippen LogP contribution in [0.3, 0.4) is 0 Å². The van der Waals surface area contributed by atoms with Gasteiger partial charge in [0.05, 0.1) is 11.5 Å². The Morgan fingerprint density at radius 2 is 1.64 bits per heavy atom. The molecule has 0 saturated carbocycles. The van der Waals surface area contributed by atoms with Crippen molar-refractivity contribution in [1.29, 1.82) is 0 Å². The van der Waals surface area contributed by atoms with Crippen LogP contribution < -0.4 is 5.32 Å². The van der Waals surface area contributed by atoms with Crippen LogP contribution in [0.25, 0.3) is 0 Å². The second-order valence-electron chi connectivity index (χ2n) is 5.33. The summed E-state index contributed by atoms with van der Waals surface area (Å²) in [7, 11) is -4.00. The van der Waals surface area contributed by atoms with E-state index in [2.05, 4.69) is 29.6 Å². The maximum Gasteiger partial charge on any atom is 0.294 e. The van der Waals surface area contributed by atoms with Crippen LogP contribution in [-0.2, 0) is 27.1 Å². The molecule has 1 fully saturated rings. The molecule has 0 bridgehead atoms. The summed E-state index contributed by atoms with van der Waals surface area (Å²) in [6.07, 6.45) is 0. The van der Waals surface area contributed by atoms with E-state index in [4.69, 9.17) is 9.29 Å². The normalized spacial score (nSPS) is 18.0. The zero-order chi connectivity index (χ0) is 15.6. The smallest absolute Gasteiger partial charge is 0.294 e. The van der Waals surface area contributed by atoms with E-state index in [1.54, 1.807) is 18.2 Å². The molecule has 0 aliphatic carbocycles. The van der Waals surface area contributed by atoms with Gasteiger partial charge in [0.15, 0.2) is 0 Å². The van der Waals surface area contributed by atoms with E-state index in [1.165, 1.54) is 23.3 Å². The fourth-order valence-corrected chi connectivity index (χ4v) is 3.12. The van der Waals surface area contributed by atoms with Gasteiger partial charge in [0.1, 0.15) is 5.60 Å². The number of hydrogen-bond acceptors (Lipinski definition) is 4. The molecule has 2 heterocycles. The Balaban J connectivity index is 0.000000134. The highest BCUT2D eigenvalue weighted by atomic mass is 32.2. The van der Waals surface area contributed by atoms with Gasteiger partial charge in [-0.3, -0.25) is 4.55 Å². The molecule has 1 spiro atoms. The lowest BCUT2D eigenvalue weighted by atomic mass is 9.87. The highest BCUT2D eigenvalue weighted by molar-refractivity contribution is 7.85. The van der Waals surface area contributed by atoms with Crippen molar-refractivity contribution in [2.75, 3.05) is 13.1 Å². The number of rotatable bonds is 1. The highest BCUT2D eigenvalue weighted by Crippen LogP contribution is 2.38. The molecule has 0 unspecified atom stereocenters. The maximum absolute atomic E-state index is 10.4. The van der Waals surface area contributed by atoms with Gasteiger partial charge in [0, 0.05) is 13.1 Å². The average Bonchev–Trinajstić information content (AvgIpc) is 2.88. The van der Waals surface area contributed by atoms with Crippen LogP contribution in [0.15, 0.2) is 59.5 Å². The Morgan fingerprint density at radius 1 is 1.00 bits per heavy atom. The molecule has 2 aromatic carbocycles. The van der Waals surface area contributed by atoms with Gasteiger partial charge < -0.3 is 10.1 Å². The Labute approximate surface area is 129 Å². The summed E-state index contributed by atoms with van der Waals surface area (Å²) in [4.78, 5) is -0.0741. The molecule has 0 amide bonds. The van der Waals surface area contributed by atoms with E-state index in [0.29, 0.717) is 0 Å². The number of benzene rings is 2. The van der Waals surface area contributed by atoms with Gasteiger partial charge in [0.25, 0.3) is 10.1 Å². The lowest BCUT2D eigenvalue weighted by Gasteiger charge is -2.38. The largest absolute Gasteiger partial charge is 0.363 e. The molecule has 0 aromatic heterocycles. The number of ether oxygens (including phenoxy) is 1. The predicted octanol–water partition coefficient (Wildman–Crippen LogP) is 1.95. The van der Waals surface area contributed by atoms with Gasteiger partial charge in [-0.15, -0.1) is 0 Å². The molecular weight excluding hydrogens is 302 g/mol. The van der Waals surface area contributed by atoms with Crippen molar-refractivity contribution < 1.29 is 17.7 Å². The second kappa shape index (κ2) is 5.81. The van der Waals surface area contributed by atoms with Crippen molar-refractivity contribution in [2.24, 2.45) is 0 Å². The van der Waals surface area contributed by atoms with Crippen molar-refractivity contribution in [1.82, 2.24) is 5.32 Å². The molecule has 4 rings (SSSR count). The van der Waals surface area contributed by atoms with E-state index >= 15 is 0 Å². The van der Waals surface area contributed by atoms with Crippen LogP contribution in [0, 0.1) is 0 Å². The van der Waals surface area contributed by atoms with E-state index in [-0.39, 0.29) is 10.5 Å². The lowest BCUT2D eigenvalue weighted by Crippen LogP contribution is -2.56. The van der Waals surface area contributed by atoms with Crippen molar-refractivity contribution in [3.63, 3.8) is 0 Å². The quantitative estimate of drug-likeness (QED) is 0.786. The number of nitrogens with one attached hydrogen (secondary N) is 1. The van der Waals surface area contributed by atoms with Crippen molar-refractivity contribution in [2.45, 2.75) is 17.1 Å². The summed E-state index contributed by atoms with van der Waals surface area (Å²) in [6, 6.07) is 15.9. The van der Waals surface area contributed by atoms with E-state index in [9.17, 15) is 8.42 Å². The van der Waals surface area contributed by atoms with Crippen LogP contribution >= 0.6 is 0 Å². The minimum absolute atomic E-state index is 0.0383. The van der Waals surface area contributed by atoms with Gasteiger partial charge in [-0.25, -0.2) is 0 Å². The fourth-order valence-electron chi connectivity index (χ4n) is 2.62. The molecular formula is C16H17NO4S. The third-order valence-corrected chi connectivity index (χ3v) is 4.74. The highest BCUT2D eigenvalue weighted by Gasteiger charge is 2.44. The maximum atomic E-state index is 10.4. The Bertz CT molecular complexity index is 755. The van der Waals surface area contributed by atoms with Gasteiger partial charge in [0.2, 0.25) is 0 Å². The second-order valence-corrected chi connectivity index (χ2v) is 6.75. The van der Waals surface area contributed by atoms with Crippen LogP contribution in [0.2, 0.25) is 0 Å². The topological polar surface area (TPSA) is 75.6 Å². The fraction of sp³-hybridized carbons (Fsp3) is 0.250.